The molecular formula is C25H30N2O7. The minimum absolute atomic E-state index is 0.0285. The van der Waals surface area contributed by atoms with E-state index in [1.807, 2.05) is 26.0 Å². The highest BCUT2D eigenvalue weighted by Gasteiger charge is 2.51. The summed E-state index contributed by atoms with van der Waals surface area (Å²) in [7, 11) is 0. The van der Waals surface area contributed by atoms with Gasteiger partial charge in [0.2, 0.25) is 11.8 Å². The smallest absolute Gasteiger partial charge is 0.330 e. The van der Waals surface area contributed by atoms with E-state index in [1.165, 1.54) is 6.92 Å². The highest BCUT2D eigenvalue weighted by atomic mass is 16.6. The maximum absolute atomic E-state index is 13.1. The molecule has 3 amide bonds. The van der Waals surface area contributed by atoms with E-state index >= 15 is 0 Å². The number of carbonyl (C=O) groups is 4. The fourth-order valence-corrected chi connectivity index (χ4v) is 4.56. The number of esters is 1. The van der Waals surface area contributed by atoms with Gasteiger partial charge in [0, 0.05) is 11.8 Å². The van der Waals surface area contributed by atoms with E-state index in [0.717, 1.165) is 4.90 Å². The van der Waals surface area contributed by atoms with Crippen molar-refractivity contribution >= 4 is 29.4 Å². The number of nitrogens with one attached hydrogen (secondary N) is 1. The van der Waals surface area contributed by atoms with E-state index in [4.69, 9.17) is 14.2 Å². The highest BCUT2D eigenvalue weighted by Crippen LogP contribution is 2.37. The number of allylic oxidation sites excluding steroid dienone is 2. The zero-order valence-electron chi connectivity index (χ0n) is 19.6. The van der Waals surface area contributed by atoms with Crippen LogP contribution in [-0.4, -0.2) is 54.0 Å². The molecule has 0 saturated carbocycles. The molecule has 4 atom stereocenters. The number of carbonyl (C=O) groups excluding carboxylic acids is 4. The third kappa shape index (κ3) is 4.78. The molecule has 0 bridgehead atoms. The monoisotopic (exact) mass is 470 g/mol. The summed E-state index contributed by atoms with van der Waals surface area (Å²) < 4.78 is 16.4. The molecule has 1 aromatic rings. The molecule has 3 aliphatic rings. The second kappa shape index (κ2) is 9.87. The number of nitrogens with zero attached hydrogens (tertiary/aromatic N) is 1. The molecule has 0 unspecified atom stereocenters. The van der Waals surface area contributed by atoms with Crippen molar-refractivity contribution in [3.63, 3.8) is 0 Å². The summed E-state index contributed by atoms with van der Waals surface area (Å²) in [6.45, 7) is 6.13. The topological polar surface area (TPSA) is 111 Å². The van der Waals surface area contributed by atoms with E-state index in [1.54, 1.807) is 18.2 Å². The Hall–Kier alpha value is -3.36. The summed E-state index contributed by atoms with van der Waals surface area (Å²) >= 11 is 0. The Morgan fingerprint density at radius 3 is 2.26 bits per heavy atom. The van der Waals surface area contributed by atoms with Crippen LogP contribution in [0.5, 0.6) is 11.5 Å². The van der Waals surface area contributed by atoms with Gasteiger partial charge in [-0.2, -0.15) is 0 Å². The Morgan fingerprint density at radius 1 is 1.03 bits per heavy atom. The number of imide groups is 1. The first kappa shape index (κ1) is 23.8. The van der Waals surface area contributed by atoms with Gasteiger partial charge in [0.25, 0.3) is 5.91 Å². The number of amides is 3. The quantitative estimate of drug-likeness (QED) is 0.370. The van der Waals surface area contributed by atoms with Crippen molar-refractivity contribution in [1.82, 2.24) is 4.90 Å². The minimum Gasteiger partial charge on any atom is -0.486 e. The lowest BCUT2D eigenvalue weighted by Crippen LogP contribution is -2.48. The van der Waals surface area contributed by atoms with Crippen LogP contribution in [0.2, 0.25) is 0 Å². The van der Waals surface area contributed by atoms with Crippen molar-refractivity contribution in [3.05, 3.63) is 30.4 Å². The van der Waals surface area contributed by atoms with Crippen LogP contribution < -0.4 is 14.8 Å². The summed E-state index contributed by atoms with van der Waals surface area (Å²) in [5, 5.41) is 2.70. The van der Waals surface area contributed by atoms with Crippen LogP contribution in [0.25, 0.3) is 0 Å². The molecule has 34 heavy (non-hydrogen) atoms. The first-order chi connectivity index (χ1) is 16.3. The van der Waals surface area contributed by atoms with E-state index < -0.39 is 35.9 Å². The highest BCUT2D eigenvalue weighted by molar-refractivity contribution is 6.08. The zero-order valence-corrected chi connectivity index (χ0v) is 19.6. The first-order valence-electron chi connectivity index (χ1n) is 11.7. The summed E-state index contributed by atoms with van der Waals surface area (Å²) in [4.78, 5) is 52.9. The molecule has 4 rings (SSSR count). The molecule has 1 N–H and O–H groups in total. The molecule has 9 nitrogen and oxygen atoms in total. The average Bonchev–Trinajstić information content (AvgIpc) is 3.07. The molecule has 2 heterocycles. The number of rotatable bonds is 7. The predicted octanol–water partition coefficient (Wildman–Crippen LogP) is 2.69. The second-order valence-corrected chi connectivity index (χ2v) is 9.27. The number of hydrogen-bond donors (Lipinski definition) is 1. The lowest BCUT2D eigenvalue weighted by molar-refractivity contribution is -0.164. The second-order valence-electron chi connectivity index (χ2n) is 9.27. The molecule has 1 fully saturated rings. The Bertz CT molecular complexity index is 993. The van der Waals surface area contributed by atoms with Crippen molar-refractivity contribution in [2.24, 2.45) is 17.8 Å². The lowest BCUT2D eigenvalue weighted by Gasteiger charge is -2.27. The fraction of sp³-hybridized carbons (Fsp3) is 0.520. The van der Waals surface area contributed by atoms with E-state index in [0.29, 0.717) is 43.2 Å². The summed E-state index contributed by atoms with van der Waals surface area (Å²) in [6.07, 6.45) is 3.91. The standard InChI is InChI=1S/C25H30N2O7/c1-14(2)12-19(27-23(29)17-6-4-5-7-18(17)24(27)30)25(31)34-15(3)22(28)26-16-8-9-20-21(13-16)33-11-10-32-20/h4-5,8-9,13-15,17-19H,6-7,10-12H2,1-3H3,(H,26,28)/t15-,17-,18+,19-/m0/s1. The maximum Gasteiger partial charge on any atom is 0.330 e. The molecule has 9 heteroatoms. The molecular weight excluding hydrogens is 440 g/mol. The minimum atomic E-state index is -1.13. The van der Waals surface area contributed by atoms with Crippen LogP contribution >= 0.6 is 0 Å². The fourth-order valence-electron chi connectivity index (χ4n) is 4.56. The Labute approximate surface area is 198 Å². The molecule has 0 aromatic heterocycles. The Morgan fingerprint density at radius 2 is 1.65 bits per heavy atom. The van der Waals surface area contributed by atoms with Crippen molar-refractivity contribution < 1.29 is 33.4 Å². The van der Waals surface area contributed by atoms with E-state index in [-0.39, 0.29) is 24.2 Å². The van der Waals surface area contributed by atoms with Gasteiger partial charge in [-0.15, -0.1) is 0 Å². The maximum atomic E-state index is 13.1. The molecule has 0 radical (unpaired) electrons. The predicted molar refractivity (Wildman–Crippen MR) is 122 cm³/mol. The third-order valence-corrected chi connectivity index (χ3v) is 6.29. The van der Waals surface area contributed by atoms with Gasteiger partial charge in [-0.3, -0.25) is 19.3 Å². The molecule has 182 valence electrons. The summed E-state index contributed by atoms with van der Waals surface area (Å²) in [6, 6.07) is 3.94. The van der Waals surface area contributed by atoms with Gasteiger partial charge in [0.05, 0.1) is 11.8 Å². The number of hydrogen-bond acceptors (Lipinski definition) is 7. The Kier molecular flexibility index (Phi) is 6.90. The van der Waals surface area contributed by atoms with Crippen LogP contribution in [0.4, 0.5) is 5.69 Å². The van der Waals surface area contributed by atoms with Crippen LogP contribution in [0.15, 0.2) is 30.4 Å². The lowest BCUT2D eigenvalue weighted by atomic mass is 9.85. The number of benzene rings is 1. The zero-order chi connectivity index (χ0) is 24.4. The van der Waals surface area contributed by atoms with Gasteiger partial charge in [0.15, 0.2) is 17.6 Å². The van der Waals surface area contributed by atoms with Crippen LogP contribution in [-0.2, 0) is 23.9 Å². The van der Waals surface area contributed by atoms with Gasteiger partial charge in [-0.25, -0.2) is 4.79 Å². The van der Waals surface area contributed by atoms with Crippen LogP contribution in [0.3, 0.4) is 0 Å². The number of fused-ring (bicyclic) bond motifs is 2. The average molecular weight is 471 g/mol. The summed E-state index contributed by atoms with van der Waals surface area (Å²) in [5.74, 6) is -1.70. The molecule has 1 saturated heterocycles. The SMILES string of the molecule is CC(C)C[C@@H](C(=O)O[C@@H](C)C(=O)Nc1ccc2c(c1)OCCO2)N1C(=O)[C@H]2CC=CC[C@H]2C1=O. The largest absolute Gasteiger partial charge is 0.486 e. The van der Waals surface area contributed by atoms with Crippen LogP contribution in [0, 0.1) is 17.8 Å². The number of anilines is 1. The van der Waals surface area contributed by atoms with Crippen molar-refractivity contribution in [2.75, 3.05) is 18.5 Å². The van der Waals surface area contributed by atoms with Crippen molar-refractivity contribution in [2.45, 2.75) is 52.2 Å². The Balaban J connectivity index is 1.43. The van der Waals surface area contributed by atoms with Gasteiger partial charge >= 0.3 is 5.97 Å². The van der Waals surface area contributed by atoms with E-state index in [2.05, 4.69) is 5.32 Å². The number of ether oxygens (including phenoxy) is 3. The normalized spacial score (nSPS) is 22.9. The van der Waals surface area contributed by atoms with Gasteiger partial charge in [-0.05, 0) is 44.2 Å². The van der Waals surface area contributed by atoms with Crippen molar-refractivity contribution in [1.29, 1.82) is 0 Å². The van der Waals surface area contributed by atoms with E-state index in [9.17, 15) is 19.2 Å². The molecule has 1 aromatic carbocycles. The molecule has 2 aliphatic heterocycles. The van der Waals surface area contributed by atoms with Gasteiger partial charge < -0.3 is 19.5 Å². The van der Waals surface area contributed by atoms with Gasteiger partial charge in [-0.1, -0.05) is 26.0 Å². The molecule has 1 aliphatic carbocycles. The summed E-state index contributed by atoms with van der Waals surface area (Å²) in [5.41, 5.74) is 0.470. The number of likely N-dealkylation sites (tertiary alicyclic amines) is 1. The molecule has 0 spiro atoms. The van der Waals surface area contributed by atoms with Gasteiger partial charge in [0.1, 0.15) is 19.3 Å². The third-order valence-electron chi connectivity index (χ3n) is 6.29. The van der Waals surface area contributed by atoms with Crippen LogP contribution in [0.1, 0.15) is 40.0 Å². The van der Waals surface area contributed by atoms with Crippen molar-refractivity contribution in [3.8, 4) is 11.5 Å². The first-order valence-corrected chi connectivity index (χ1v) is 11.7.